The highest BCUT2D eigenvalue weighted by Crippen LogP contribution is 2.35. The highest BCUT2D eigenvalue weighted by molar-refractivity contribution is 5.94. The minimum Gasteiger partial charge on any atom is -0.383 e. The van der Waals surface area contributed by atoms with Crippen LogP contribution < -0.4 is 0 Å². The molecule has 0 spiro atoms. The fourth-order valence-corrected chi connectivity index (χ4v) is 3.20. The molecule has 1 aromatic heterocycles. The smallest absolute Gasteiger partial charge is 0.262 e. The molecule has 2 aliphatic rings. The van der Waals surface area contributed by atoms with Crippen LogP contribution in [0.4, 0.5) is 8.78 Å². The molecule has 1 atom stereocenters. The number of hydrogen-bond acceptors (Lipinski definition) is 4. The lowest BCUT2D eigenvalue weighted by Crippen LogP contribution is -2.62. The number of carbonyl (C=O) groups is 1. The van der Waals surface area contributed by atoms with E-state index in [4.69, 9.17) is 4.74 Å². The Balaban J connectivity index is 1.59. The van der Waals surface area contributed by atoms with Gasteiger partial charge in [0.1, 0.15) is 0 Å². The molecule has 2 fully saturated rings. The Bertz CT molecular complexity index is 535. The van der Waals surface area contributed by atoms with Crippen LogP contribution in [0.2, 0.25) is 0 Å². The van der Waals surface area contributed by atoms with Gasteiger partial charge in [-0.1, -0.05) is 0 Å². The molecule has 3 rings (SSSR count). The lowest BCUT2D eigenvalue weighted by Gasteiger charge is -2.45. The number of pyridine rings is 1. The predicted molar refractivity (Wildman–Crippen MR) is 75.9 cm³/mol. The van der Waals surface area contributed by atoms with Gasteiger partial charge in [-0.2, -0.15) is 0 Å². The first-order chi connectivity index (χ1) is 10.5. The van der Waals surface area contributed by atoms with Gasteiger partial charge in [-0.15, -0.1) is 0 Å². The molecule has 0 N–H and O–H groups in total. The number of likely N-dealkylation sites (tertiary alicyclic amines) is 2. The van der Waals surface area contributed by atoms with Crippen LogP contribution in [-0.4, -0.2) is 72.0 Å². The molecule has 7 heteroatoms. The van der Waals surface area contributed by atoms with Crippen LogP contribution in [-0.2, 0) is 4.74 Å². The first-order valence-corrected chi connectivity index (χ1v) is 7.32. The SMILES string of the molecule is COC[C@@H]1CC(F)(F)CN1C1CN(C(=O)c2ccncc2)C1. The van der Waals surface area contributed by atoms with Gasteiger partial charge in [0.25, 0.3) is 11.8 Å². The van der Waals surface area contributed by atoms with E-state index >= 15 is 0 Å². The van der Waals surface area contributed by atoms with Gasteiger partial charge in [-0.25, -0.2) is 8.78 Å². The summed E-state index contributed by atoms with van der Waals surface area (Å²) in [6.07, 6.45) is 2.97. The molecule has 2 aliphatic heterocycles. The summed E-state index contributed by atoms with van der Waals surface area (Å²) in [4.78, 5) is 19.6. The van der Waals surface area contributed by atoms with Crippen LogP contribution in [0.5, 0.6) is 0 Å². The van der Waals surface area contributed by atoms with Gasteiger partial charge in [-0.3, -0.25) is 14.7 Å². The molecule has 0 unspecified atom stereocenters. The lowest BCUT2D eigenvalue weighted by atomic mass is 10.0. The first kappa shape index (κ1) is 15.3. The van der Waals surface area contributed by atoms with E-state index in [9.17, 15) is 13.6 Å². The van der Waals surface area contributed by atoms with Crippen molar-refractivity contribution in [3.05, 3.63) is 30.1 Å². The molecule has 120 valence electrons. The number of rotatable bonds is 4. The number of amides is 1. The summed E-state index contributed by atoms with van der Waals surface area (Å²) in [5.41, 5.74) is 0.577. The van der Waals surface area contributed by atoms with Crippen molar-refractivity contribution in [2.45, 2.75) is 24.4 Å². The maximum absolute atomic E-state index is 13.6. The van der Waals surface area contributed by atoms with Crippen LogP contribution in [0.3, 0.4) is 0 Å². The third-order valence-corrected chi connectivity index (χ3v) is 4.32. The molecule has 5 nitrogen and oxygen atoms in total. The van der Waals surface area contributed by atoms with E-state index in [-0.39, 0.29) is 31.0 Å². The van der Waals surface area contributed by atoms with E-state index < -0.39 is 5.92 Å². The second-order valence-corrected chi connectivity index (χ2v) is 5.94. The number of aromatic nitrogens is 1. The van der Waals surface area contributed by atoms with Crippen molar-refractivity contribution in [2.24, 2.45) is 0 Å². The summed E-state index contributed by atoms with van der Waals surface area (Å²) >= 11 is 0. The first-order valence-electron chi connectivity index (χ1n) is 7.32. The molecular formula is C15H19F2N3O2. The minimum absolute atomic E-state index is 0.0145. The Morgan fingerprint density at radius 2 is 2.09 bits per heavy atom. The second-order valence-electron chi connectivity index (χ2n) is 5.94. The molecule has 0 radical (unpaired) electrons. The van der Waals surface area contributed by atoms with E-state index in [1.165, 1.54) is 7.11 Å². The zero-order valence-corrected chi connectivity index (χ0v) is 12.4. The fourth-order valence-electron chi connectivity index (χ4n) is 3.20. The average molecular weight is 311 g/mol. The molecule has 3 heterocycles. The molecule has 0 aromatic carbocycles. The Kier molecular flexibility index (Phi) is 4.10. The van der Waals surface area contributed by atoms with Crippen LogP contribution in [0.15, 0.2) is 24.5 Å². The van der Waals surface area contributed by atoms with Crippen LogP contribution in [0.25, 0.3) is 0 Å². The van der Waals surface area contributed by atoms with Crippen molar-refractivity contribution >= 4 is 5.91 Å². The normalized spacial score (nSPS) is 25.2. The van der Waals surface area contributed by atoms with Gasteiger partial charge in [0, 0.05) is 56.7 Å². The second kappa shape index (κ2) is 5.89. The molecule has 1 amide bonds. The molecule has 0 bridgehead atoms. The van der Waals surface area contributed by atoms with E-state index in [1.54, 1.807) is 34.3 Å². The number of carbonyl (C=O) groups excluding carboxylic acids is 1. The van der Waals surface area contributed by atoms with E-state index in [0.29, 0.717) is 25.3 Å². The highest BCUT2D eigenvalue weighted by Gasteiger charge is 2.50. The molecule has 22 heavy (non-hydrogen) atoms. The zero-order valence-electron chi connectivity index (χ0n) is 12.4. The van der Waals surface area contributed by atoms with Gasteiger partial charge in [0.05, 0.1) is 13.2 Å². The summed E-state index contributed by atoms with van der Waals surface area (Å²) in [6, 6.07) is 3.03. The Labute approximate surface area is 127 Å². The van der Waals surface area contributed by atoms with Crippen molar-refractivity contribution in [1.29, 1.82) is 0 Å². The highest BCUT2D eigenvalue weighted by atomic mass is 19.3. The van der Waals surface area contributed by atoms with Crippen molar-refractivity contribution in [3.8, 4) is 0 Å². The van der Waals surface area contributed by atoms with Gasteiger partial charge in [0.15, 0.2) is 0 Å². The largest absolute Gasteiger partial charge is 0.383 e. The van der Waals surface area contributed by atoms with Crippen molar-refractivity contribution < 1.29 is 18.3 Å². The summed E-state index contributed by atoms with van der Waals surface area (Å²) in [5.74, 6) is -2.74. The van der Waals surface area contributed by atoms with Crippen molar-refractivity contribution in [1.82, 2.24) is 14.8 Å². The summed E-state index contributed by atoms with van der Waals surface area (Å²) < 4.78 is 32.3. The standard InChI is InChI=1S/C15H19F2N3O2/c1-22-9-12-6-15(16,17)10-20(12)13-7-19(8-13)14(21)11-2-4-18-5-3-11/h2-5,12-13H,6-10H2,1H3/t12-/m0/s1. The third-order valence-electron chi connectivity index (χ3n) is 4.32. The van der Waals surface area contributed by atoms with E-state index in [0.717, 1.165) is 0 Å². The molecule has 2 saturated heterocycles. The fraction of sp³-hybridized carbons (Fsp3) is 0.600. The van der Waals surface area contributed by atoms with Crippen LogP contribution >= 0.6 is 0 Å². The monoisotopic (exact) mass is 311 g/mol. The maximum atomic E-state index is 13.6. The Hall–Kier alpha value is -1.60. The van der Waals surface area contributed by atoms with Gasteiger partial charge < -0.3 is 9.64 Å². The number of halogens is 2. The topological polar surface area (TPSA) is 45.7 Å². The quantitative estimate of drug-likeness (QED) is 0.840. The molecule has 0 saturated carbocycles. The maximum Gasteiger partial charge on any atom is 0.262 e. The van der Waals surface area contributed by atoms with Crippen molar-refractivity contribution in [3.63, 3.8) is 0 Å². The Morgan fingerprint density at radius 1 is 1.41 bits per heavy atom. The number of hydrogen-bond donors (Lipinski definition) is 0. The minimum atomic E-state index is -2.67. The summed E-state index contributed by atoms with van der Waals surface area (Å²) in [7, 11) is 1.52. The van der Waals surface area contributed by atoms with Crippen LogP contribution in [0.1, 0.15) is 16.8 Å². The molecular weight excluding hydrogens is 292 g/mol. The van der Waals surface area contributed by atoms with E-state index in [2.05, 4.69) is 4.98 Å². The Morgan fingerprint density at radius 3 is 2.73 bits per heavy atom. The summed E-state index contributed by atoms with van der Waals surface area (Å²) in [5, 5.41) is 0. The van der Waals surface area contributed by atoms with E-state index in [1.807, 2.05) is 0 Å². The summed E-state index contributed by atoms with van der Waals surface area (Å²) in [6.45, 7) is 1.02. The van der Waals surface area contributed by atoms with Gasteiger partial charge in [-0.05, 0) is 12.1 Å². The van der Waals surface area contributed by atoms with Crippen molar-refractivity contribution in [2.75, 3.05) is 33.4 Å². The predicted octanol–water partition coefficient (Wildman–Crippen LogP) is 1.26. The third kappa shape index (κ3) is 2.96. The lowest BCUT2D eigenvalue weighted by molar-refractivity contribution is -0.0136. The average Bonchev–Trinajstić information content (AvgIpc) is 2.73. The zero-order chi connectivity index (χ0) is 15.7. The molecule has 1 aromatic rings. The van der Waals surface area contributed by atoms with Gasteiger partial charge in [0.2, 0.25) is 0 Å². The number of ether oxygens (including phenoxy) is 1. The number of methoxy groups -OCH3 is 1. The van der Waals surface area contributed by atoms with Crippen LogP contribution in [0, 0.1) is 0 Å². The molecule has 0 aliphatic carbocycles. The van der Waals surface area contributed by atoms with Gasteiger partial charge >= 0.3 is 0 Å². The number of nitrogens with zero attached hydrogens (tertiary/aromatic N) is 3. The number of alkyl halides is 2.